The summed E-state index contributed by atoms with van der Waals surface area (Å²) in [6, 6.07) is 14.3. The molecule has 4 rings (SSSR count). The second-order valence-electron chi connectivity index (χ2n) is 7.97. The van der Waals surface area contributed by atoms with Gasteiger partial charge in [-0.25, -0.2) is 0 Å². The Morgan fingerprint density at radius 3 is 2.48 bits per heavy atom. The number of carbonyl (C=O) groups excluding carboxylic acids is 4. The predicted octanol–water partition coefficient (Wildman–Crippen LogP) is 2.90. The van der Waals surface area contributed by atoms with Crippen LogP contribution >= 0.6 is 0 Å². The van der Waals surface area contributed by atoms with Crippen molar-refractivity contribution in [2.45, 2.75) is 26.2 Å². The summed E-state index contributed by atoms with van der Waals surface area (Å²) < 4.78 is 5.23. The van der Waals surface area contributed by atoms with E-state index in [4.69, 9.17) is 4.74 Å². The standard InChI is InChI=1S/C24H24N2O5/c1-16-7-9-19(10-8-16)26-14-18(13-23(26)29)24(30)31-15-21(27)17-4-2-5-20(12-17)25-11-3-6-22(25)28/h2,4-5,7-10,12,18H,3,6,11,13-15H2,1H3/t18-/m1/s1. The van der Waals surface area contributed by atoms with E-state index in [1.807, 2.05) is 31.2 Å². The molecule has 2 heterocycles. The first-order valence-electron chi connectivity index (χ1n) is 10.4. The minimum atomic E-state index is -0.602. The number of esters is 1. The summed E-state index contributed by atoms with van der Waals surface area (Å²) in [5.41, 5.74) is 2.89. The van der Waals surface area contributed by atoms with Gasteiger partial charge in [-0.15, -0.1) is 0 Å². The van der Waals surface area contributed by atoms with Gasteiger partial charge in [0.15, 0.2) is 12.4 Å². The van der Waals surface area contributed by atoms with Crippen molar-refractivity contribution in [3.05, 3.63) is 59.7 Å². The molecule has 1 atom stereocenters. The lowest BCUT2D eigenvalue weighted by atomic mass is 10.1. The van der Waals surface area contributed by atoms with Crippen LogP contribution in [0.2, 0.25) is 0 Å². The first-order valence-corrected chi connectivity index (χ1v) is 10.4. The molecule has 0 bridgehead atoms. The number of Topliss-reactive ketones (excluding diaryl/α,β-unsaturated/α-hetero) is 1. The summed E-state index contributed by atoms with van der Waals surface area (Å²) in [5.74, 6) is -1.60. The number of carbonyl (C=O) groups is 4. The van der Waals surface area contributed by atoms with E-state index in [-0.39, 0.29) is 30.6 Å². The van der Waals surface area contributed by atoms with Crippen molar-refractivity contribution in [2.24, 2.45) is 5.92 Å². The van der Waals surface area contributed by atoms with E-state index in [1.165, 1.54) is 0 Å². The maximum atomic E-state index is 12.5. The molecule has 160 valence electrons. The van der Waals surface area contributed by atoms with Gasteiger partial charge in [0.25, 0.3) is 0 Å². The molecule has 0 N–H and O–H groups in total. The Bertz CT molecular complexity index is 1030. The fourth-order valence-corrected chi connectivity index (χ4v) is 3.95. The highest BCUT2D eigenvalue weighted by molar-refractivity contribution is 6.02. The lowest BCUT2D eigenvalue weighted by Crippen LogP contribution is -2.27. The van der Waals surface area contributed by atoms with Crippen LogP contribution in [0.4, 0.5) is 11.4 Å². The van der Waals surface area contributed by atoms with Crippen LogP contribution in [0.25, 0.3) is 0 Å². The van der Waals surface area contributed by atoms with Gasteiger partial charge in [0.2, 0.25) is 11.8 Å². The van der Waals surface area contributed by atoms with Crippen LogP contribution in [0, 0.1) is 12.8 Å². The fraction of sp³-hybridized carbons (Fsp3) is 0.333. The Balaban J connectivity index is 1.34. The molecule has 0 spiro atoms. The third-order valence-electron chi connectivity index (χ3n) is 5.70. The van der Waals surface area contributed by atoms with Gasteiger partial charge in [-0.1, -0.05) is 29.8 Å². The molecule has 0 radical (unpaired) electrons. The van der Waals surface area contributed by atoms with Gasteiger partial charge >= 0.3 is 5.97 Å². The molecular formula is C24H24N2O5. The molecule has 2 aliphatic heterocycles. The number of nitrogens with zero attached hydrogens (tertiary/aromatic N) is 2. The summed E-state index contributed by atoms with van der Waals surface area (Å²) in [6.07, 6.45) is 1.37. The van der Waals surface area contributed by atoms with Crippen LogP contribution < -0.4 is 9.80 Å². The monoisotopic (exact) mass is 420 g/mol. The maximum Gasteiger partial charge on any atom is 0.311 e. The van der Waals surface area contributed by atoms with Crippen molar-refractivity contribution in [1.82, 2.24) is 0 Å². The Hall–Kier alpha value is -3.48. The highest BCUT2D eigenvalue weighted by atomic mass is 16.5. The van der Waals surface area contributed by atoms with E-state index in [0.29, 0.717) is 24.2 Å². The van der Waals surface area contributed by atoms with Gasteiger partial charge in [-0.05, 0) is 37.6 Å². The zero-order chi connectivity index (χ0) is 22.0. The topological polar surface area (TPSA) is 84.0 Å². The number of ketones is 1. The maximum absolute atomic E-state index is 12.5. The number of hydrogen-bond donors (Lipinski definition) is 0. The highest BCUT2D eigenvalue weighted by Crippen LogP contribution is 2.26. The average Bonchev–Trinajstić information content (AvgIpc) is 3.38. The predicted molar refractivity (Wildman–Crippen MR) is 115 cm³/mol. The zero-order valence-corrected chi connectivity index (χ0v) is 17.4. The number of amides is 2. The van der Waals surface area contributed by atoms with E-state index < -0.39 is 18.5 Å². The lowest BCUT2D eigenvalue weighted by Gasteiger charge is -2.17. The first-order chi connectivity index (χ1) is 14.9. The van der Waals surface area contributed by atoms with Gasteiger partial charge in [0.05, 0.1) is 5.92 Å². The quantitative estimate of drug-likeness (QED) is 0.530. The van der Waals surface area contributed by atoms with Crippen LogP contribution in [0.5, 0.6) is 0 Å². The summed E-state index contributed by atoms with van der Waals surface area (Å²) in [7, 11) is 0. The Morgan fingerprint density at radius 1 is 1.00 bits per heavy atom. The van der Waals surface area contributed by atoms with E-state index in [2.05, 4.69) is 0 Å². The average molecular weight is 420 g/mol. The summed E-state index contributed by atoms with van der Waals surface area (Å²) in [4.78, 5) is 52.5. The molecule has 2 aliphatic rings. The van der Waals surface area contributed by atoms with Crippen molar-refractivity contribution in [3.8, 4) is 0 Å². The summed E-state index contributed by atoms with van der Waals surface area (Å²) in [5, 5.41) is 0. The third-order valence-corrected chi connectivity index (χ3v) is 5.70. The molecule has 2 fully saturated rings. The molecule has 0 aromatic heterocycles. The molecule has 2 aromatic rings. The van der Waals surface area contributed by atoms with Crippen LogP contribution in [-0.2, 0) is 19.1 Å². The number of rotatable bonds is 6. The summed E-state index contributed by atoms with van der Waals surface area (Å²) >= 11 is 0. The number of aryl methyl sites for hydroxylation is 1. The molecule has 7 nitrogen and oxygen atoms in total. The Labute approximate surface area is 180 Å². The first kappa shape index (κ1) is 20.8. The smallest absolute Gasteiger partial charge is 0.311 e. The van der Waals surface area contributed by atoms with Crippen molar-refractivity contribution in [1.29, 1.82) is 0 Å². The molecule has 0 unspecified atom stereocenters. The molecule has 31 heavy (non-hydrogen) atoms. The Kier molecular flexibility index (Phi) is 5.84. The summed E-state index contributed by atoms with van der Waals surface area (Å²) in [6.45, 7) is 2.44. The molecule has 2 saturated heterocycles. The number of hydrogen-bond acceptors (Lipinski definition) is 5. The van der Waals surface area contributed by atoms with E-state index in [9.17, 15) is 19.2 Å². The second kappa shape index (κ2) is 8.71. The van der Waals surface area contributed by atoms with E-state index in [1.54, 1.807) is 34.1 Å². The van der Waals surface area contributed by atoms with Gasteiger partial charge in [0.1, 0.15) is 0 Å². The Morgan fingerprint density at radius 2 is 1.77 bits per heavy atom. The van der Waals surface area contributed by atoms with Gasteiger partial charge in [-0.3, -0.25) is 19.2 Å². The lowest BCUT2D eigenvalue weighted by molar-refractivity contribution is -0.147. The third kappa shape index (κ3) is 4.50. The van der Waals surface area contributed by atoms with Crippen LogP contribution in [0.15, 0.2) is 48.5 Å². The fourth-order valence-electron chi connectivity index (χ4n) is 3.95. The normalized spacial score (nSPS) is 18.5. The van der Waals surface area contributed by atoms with E-state index in [0.717, 1.165) is 17.7 Å². The van der Waals surface area contributed by atoms with Crippen molar-refractivity contribution >= 4 is 34.9 Å². The minimum absolute atomic E-state index is 0.0417. The van der Waals surface area contributed by atoms with Crippen LogP contribution in [0.3, 0.4) is 0 Å². The van der Waals surface area contributed by atoms with E-state index >= 15 is 0 Å². The second-order valence-corrected chi connectivity index (χ2v) is 7.97. The van der Waals surface area contributed by atoms with Gasteiger partial charge in [-0.2, -0.15) is 0 Å². The molecule has 7 heteroatoms. The minimum Gasteiger partial charge on any atom is -0.457 e. The number of ether oxygens (including phenoxy) is 1. The molecular weight excluding hydrogens is 396 g/mol. The number of benzene rings is 2. The van der Waals surface area contributed by atoms with Crippen molar-refractivity contribution in [3.63, 3.8) is 0 Å². The molecule has 0 saturated carbocycles. The SMILES string of the molecule is Cc1ccc(N2C[C@H](C(=O)OCC(=O)c3cccc(N4CCCC4=O)c3)CC2=O)cc1. The largest absolute Gasteiger partial charge is 0.457 e. The van der Waals surface area contributed by atoms with Gasteiger partial charge < -0.3 is 14.5 Å². The molecule has 0 aliphatic carbocycles. The molecule has 2 aromatic carbocycles. The van der Waals surface area contributed by atoms with Gasteiger partial charge in [0, 0.05) is 42.9 Å². The number of anilines is 2. The van der Waals surface area contributed by atoms with Crippen molar-refractivity contribution < 1.29 is 23.9 Å². The molecule has 2 amide bonds. The van der Waals surface area contributed by atoms with Crippen LogP contribution in [0.1, 0.15) is 35.2 Å². The van der Waals surface area contributed by atoms with Crippen molar-refractivity contribution in [2.75, 3.05) is 29.5 Å². The van der Waals surface area contributed by atoms with Crippen LogP contribution in [-0.4, -0.2) is 43.3 Å². The highest BCUT2D eigenvalue weighted by Gasteiger charge is 2.36. The zero-order valence-electron chi connectivity index (χ0n) is 17.4.